The smallest absolute Gasteiger partial charge is 0.268 e. The van der Waals surface area contributed by atoms with E-state index < -0.39 is 27.5 Å². The zero-order valence-corrected chi connectivity index (χ0v) is 12.1. The summed E-state index contributed by atoms with van der Waals surface area (Å²) in [4.78, 5) is 14.4. The molecule has 1 aliphatic heterocycles. The Morgan fingerprint density at radius 1 is 1.41 bits per heavy atom. The molecule has 2 heterocycles. The number of sulfone groups is 1. The van der Waals surface area contributed by atoms with Crippen LogP contribution in [0.3, 0.4) is 0 Å². The number of carbonyl (C=O) groups is 1. The zero-order chi connectivity index (χ0) is 15.9. The monoisotopic (exact) mass is 325 g/mol. The van der Waals surface area contributed by atoms with Crippen LogP contribution < -0.4 is 0 Å². The van der Waals surface area contributed by atoms with Crippen LogP contribution in [0.15, 0.2) is 28.4 Å². The molecule has 3 rings (SSSR count). The van der Waals surface area contributed by atoms with Gasteiger partial charge in [0.1, 0.15) is 5.82 Å². The minimum Gasteiger partial charge on any atom is -0.493 e. The van der Waals surface area contributed by atoms with Gasteiger partial charge in [0.15, 0.2) is 15.5 Å². The number of carbonyl (C=O) groups excluding carboxylic acids is 1. The van der Waals surface area contributed by atoms with Gasteiger partial charge in [0, 0.05) is 5.39 Å². The Bertz CT molecular complexity index is 888. The van der Waals surface area contributed by atoms with Crippen LogP contribution in [0.2, 0.25) is 0 Å². The number of nitrogens with one attached hydrogen (secondary N) is 1. The highest BCUT2D eigenvalue weighted by atomic mass is 32.2. The van der Waals surface area contributed by atoms with Gasteiger partial charge in [-0.15, -0.1) is 10.2 Å². The summed E-state index contributed by atoms with van der Waals surface area (Å²) in [5.41, 5.74) is 0.339. The van der Waals surface area contributed by atoms with E-state index in [2.05, 4.69) is 15.2 Å². The molecular weight excluding hydrogens is 313 g/mol. The number of fused-ring (bicyclic) bond motifs is 1. The number of hydrogen-bond donors (Lipinski definition) is 2. The van der Waals surface area contributed by atoms with Crippen LogP contribution in [0.5, 0.6) is 5.88 Å². The minimum atomic E-state index is -3.18. The number of halogens is 1. The molecule has 1 fully saturated rings. The molecule has 2 N–H and O–H groups in total. The number of azo groups is 1. The van der Waals surface area contributed by atoms with Crippen LogP contribution in [-0.4, -0.2) is 35.9 Å². The Hall–Kier alpha value is -2.29. The molecule has 7 nitrogen and oxygen atoms in total. The lowest BCUT2D eigenvalue weighted by Gasteiger charge is -1.99. The third-order valence-corrected chi connectivity index (χ3v) is 5.31. The van der Waals surface area contributed by atoms with Gasteiger partial charge in [-0.1, -0.05) is 0 Å². The predicted molar refractivity (Wildman–Crippen MR) is 76.2 cm³/mol. The SMILES string of the molecule is O=C(N=Nc1c(O)[nH]c2cc(F)ccc12)[C@@H]1CCS(=O)(=O)C1. The van der Waals surface area contributed by atoms with Gasteiger partial charge in [-0.3, -0.25) is 4.79 Å². The summed E-state index contributed by atoms with van der Waals surface area (Å²) in [7, 11) is -3.18. The van der Waals surface area contributed by atoms with E-state index in [9.17, 15) is 22.7 Å². The molecule has 1 saturated heterocycles. The maximum absolute atomic E-state index is 13.1. The first-order valence-corrected chi connectivity index (χ1v) is 8.34. The number of aromatic nitrogens is 1. The van der Waals surface area contributed by atoms with Crippen LogP contribution in [0, 0.1) is 11.7 Å². The largest absolute Gasteiger partial charge is 0.493 e. The third-order valence-electron chi connectivity index (χ3n) is 3.54. The van der Waals surface area contributed by atoms with Crippen molar-refractivity contribution in [1.82, 2.24) is 4.98 Å². The first kappa shape index (κ1) is 14.6. The van der Waals surface area contributed by atoms with E-state index in [4.69, 9.17) is 0 Å². The van der Waals surface area contributed by atoms with Crippen molar-refractivity contribution in [3.8, 4) is 5.88 Å². The molecule has 0 spiro atoms. The highest BCUT2D eigenvalue weighted by Gasteiger charge is 2.33. The van der Waals surface area contributed by atoms with Crippen LogP contribution in [-0.2, 0) is 14.6 Å². The molecule has 0 bridgehead atoms. The van der Waals surface area contributed by atoms with Gasteiger partial charge < -0.3 is 10.1 Å². The molecule has 9 heteroatoms. The first-order chi connectivity index (χ1) is 10.4. The Kier molecular flexibility index (Phi) is 3.44. The minimum absolute atomic E-state index is 0.0178. The van der Waals surface area contributed by atoms with Crippen molar-refractivity contribution in [2.45, 2.75) is 6.42 Å². The van der Waals surface area contributed by atoms with Gasteiger partial charge in [-0.25, -0.2) is 12.8 Å². The van der Waals surface area contributed by atoms with Crippen LogP contribution in [0.1, 0.15) is 6.42 Å². The summed E-state index contributed by atoms with van der Waals surface area (Å²) in [5.74, 6) is -2.41. The lowest BCUT2D eigenvalue weighted by Crippen LogP contribution is -2.13. The molecule has 0 saturated carbocycles. The first-order valence-electron chi connectivity index (χ1n) is 6.52. The number of H-pyrrole nitrogens is 1. The van der Waals surface area contributed by atoms with E-state index in [0.717, 1.165) is 0 Å². The fraction of sp³-hybridized carbons (Fsp3) is 0.308. The molecule has 2 aromatic rings. The van der Waals surface area contributed by atoms with E-state index >= 15 is 0 Å². The summed E-state index contributed by atoms with van der Waals surface area (Å²) < 4.78 is 35.8. The third kappa shape index (κ3) is 2.71. The van der Waals surface area contributed by atoms with Crippen molar-refractivity contribution in [1.29, 1.82) is 0 Å². The number of benzene rings is 1. The molecule has 0 aliphatic carbocycles. The molecule has 1 aliphatic rings. The van der Waals surface area contributed by atoms with E-state index in [1.165, 1.54) is 18.2 Å². The van der Waals surface area contributed by atoms with E-state index in [0.29, 0.717) is 10.9 Å². The van der Waals surface area contributed by atoms with E-state index in [-0.39, 0.29) is 29.5 Å². The van der Waals surface area contributed by atoms with Crippen molar-refractivity contribution < 1.29 is 22.7 Å². The van der Waals surface area contributed by atoms with E-state index in [1.807, 2.05) is 0 Å². The maximum Gasteiger partial charge on any atom is 0.268 e. The zero-order valence-electron chi connectivity index (χ0n) is 11.3. The summed E-state index contributed by atoms with van der Waals surface area (Å²) in [5, 5.41) is 17.3. The Labute approximate surface area is 124 Å². The number of amides is 1. The summed E-state index contributed by atoms with van der Waals surface area (Å²) >= 11 is 0. The topological polar surface area (TPSA) is 112 Å². The number of aromatic hydroxyl groups is 1. The van der Waals surface area contributed by atoms with Crippen LogP contribution in [0.25, 0.3) is 10.9 Å². The fourth-order valence-corrected chi connectivity index (χ4v) is 4.15. The fourth-order valence-electron chi connectivity index (χ4n) is 2.41. The van der Waals surface area contributed by atoms with Crippen LogP contribution in [0.4, 0.5) is 10.1 Å². The second-order valence-corrected chi connectivity index (χ2v) is 7.38. The number of rotatable bonds is 2. The number of nitrogens with zero attached hydrogens (tertiary/aromatic N) is 2. The van der Waals surface area contributed by atoms with Crippen molar-refractivity contribution in [2.75, 3.05) is 11.5 Å². The molecule has 1 atom stereocenters. The number of aromatic amines is 1. The Balaban J connectivity index is 1.87. The van der Waals surface area contributed by atoms with E-state index in [1.54, 1.807) is 0 Å². The molecule has 1 aromatic carbocycles. The van der Waals surface area contributed by atoms with Gasteiger partial charge in [-0.05, 0) is 24.6 Å². The summed E-state index contributed by atoms with van der Waals surface area (Å²) in [6.45, 7) is 0. The molecular formula is C13H12FN3O4S. The highest BCUT2D eigenvalue weighted by molar-refractivity contribution is 7.91. The lowest BCUT2D eigenvalue weighted by molar-refractivity contribution is -0.121. The van der Waals surface area contributed by atoms with Crippen molar-refractivity contribution in [3.05, 3.63) is 24.0 Å². The van der Waals surface area contributed by atoms with Gasteiger partial charge in [0.25, 0.3) is 5.91 Å². The normalized spacial score (nSPS) is 20.9. The second kappa shape index (κ2) is 5.16. The molecule has 0 radical (unpaired) electrons. The Morgan fingerprint density at radius 3 is 2.86 bits per heavy atom. The molecule has 1 aromatic heterocycles. The second-order valence-electron chi connectivity index (χ2n) is 5.15. The van der Waals surface area contributed by atoms with Crippen molar-refractivity contribution in [3.63, 3.8) is 0 Å². The standard InChI is InChI=1S/C13H12FN3O4S/c14-8-1-2-9-10(5-8)15-13(19)11(9)16-17-12(18)7-3-4-22(20,21)6-7/h1-2,5,7,15,19H,3-4,6H2/t7-/m1/s1. The van der Waals surface area contributed by atoms with Crippen LogP contribution >= 0.6 is 0 Å². The van der Waals surface area contributed by atoms with Gasteiger partial charge in [0.05, 0.1) is 22.9 Å². The predicted octanol–water partition coefficient (Wildman–Crippen LogP) is 2.06. The lowest BCUT2D eigenvalue weighted by atomic mass is 10.1. The van der Waals surface area contributed by atoms with Crippen molar-refractivity contribution in [2.24, 2.45) is 16.1 Å². The number of hydrogen-bond acceptors (Lipinski definition) is 5. The highest BCUT2D eigenvalue weighted by Crippen LogP contribution is 2.35. The van der Waals surface area contributed by atoms with Gasteiger partial charge in [-0.2, -0.15) is 0 Å². The molecule has 22 heavy (non-hydrogen) atoms. The summed E-state index contributed by atoms with van der Waals surface area (Å²) in [6.07, 6.45) is 0.227. The summed E-state index contributed by atoms with van der Waals surface area (Å²) in [6, 6.07) is 3.78. The average Bonchev–Trinajstić information content (AvgIpc) is 2.95. The average molecular weight is 325 g/mol. The van der Waals surface area contributed by atoms with Gasteiger partial charge in [0.2, 0.25) is 5.88 Å². The molecule has 1 amide bonds. The Morgan fingerprint density at radius 2 is 2.18 bits per heavy atom. The maximum atomic E-state index is 13.1. The van der Waals surface area contributed by atoms with Gasteiger partial charge >= 0.3 is 0 Å². The molecule has 0 unspecified atom stereocenters. The quantitative estimate of drug-likeness (QED) is 0.823. The molecule has 116 valence electrons. The van der Waals surface area contributed by atoms with Crippen molar-refractivity contribution >= 4 is 32.3 Å².